The van der Waals surface area contributed by atoms with E-state index in [0.29, 0.717) is 6.54 Å². The van der Waals surface area contributed by atoms with Gasteiger partial charge in [-0.2, -0.15) is 4.98 Å². The summed E-state index contributed by atoms with van der Waals surface area (Å²) in [6.07, 6.45) is 0.841. The van der Waals surface area contributed by atoms with Crippen molar-refractivity contribution >= 4 is 27.5 Å². The van der Waals surface area contributed by atoms with E-state index in [4.69, 9.17) is 5.14 Å². The molecule has 0 unspecified atom stereocenters. The van der Waals surface area contributed by atoms with Gasteiger partial charge in [0.15, 0.2) is 0 Å². The Morgan fingerprint density at radius 1 is 1.29 bits per heavy atom. The molecule has 11 heteroatoms. The third kappa shape index (κ3) is 5.47. The van der Waals surface area contributed by atoms with E-state index >= 15 is 0 Å². The molecule has 0 aromatic carbocycles. The second kappa shape index (κ2) is 7.13. The van der Waals surface area contributed by atoms with Crippen LogP contribution in [-0.2, 0) is 10.0 Å². The third-order valence-corrected chi connectivity index (χ3v) is 3.23. The Morgan fingerprint density at radius 3 is 2.48 bits per heavy atom. The van der Waals surface area contributed by atoms with E-state index < -0.39 is 14.9 Å². The summed E-state index contributed by atoms with van der Waals surface area (Å²) in [6, 6.07) is 0. The lowest BCUT2D eigenvalue weighted by molar-refractivity contribution is -0.385. The zero-order valence-corrected chi connectivity index (χ0v) is 12.6. The van der Waals surface area contributed by atoms with Gasteiger partial charge in [-0.3, -0.25) is 10.1 Å². The molecule has 118 valence electrons. The highest BCUT2D eigenvalue weighted by molar-refractivity contribution is 7.89. The lowest BCUT2D eigenvalue weighted by atomic mass is 10.3. The average Bonchev–Trinajstić information content (AvgIpc) is 2.33. The Hall–Kier alpha value is -2.01. The first kappa shape index (κ1) is 17.0. The first-order valence-corrected chi connectivity index (χ1v) is 7.97. The van der Waals surface area contributed by atoms with E-state index in [0.717, 1.165) is 6.42 Å². The standard InChI is InChI=1S/C10H18N6O4S/c1-3-4-13-10-14-7(2)8(16(17)18)9(15-10)12-5-6-21(11,19)20/h3-6H2,1-2H3,(H2,11,19,20)(H2,12,13,14,15). The third-order valence-electron chi connectivity index (χ3n) is 2.45. The molecule has 0 bridgehead atoms. The van der Waals surface area contributed by atoms with Crippen molar-refractivity contribution < 1.29 is 13.3 Å². The van der Waals surface area contributed by atoms with Gasteiger partial charge in [-0.15, -0.1) is 0 Å². The number of aryl methyl sites for hydroxylation is 1. The van der Waals surface area contributed by atoms with Gasteiger partial charge in [0.05, 0.1) is 10.7 Å². The van der Waals surface area contributed by atoms with Crippen LogP contribution in [0.25, 0.3) is 0 Å². The molecule has 1 aromatic rings. The summed E-state index contributed by atoms with van der Waals surface area (Å²) in [5.74, 6) is -0.141. The van der Waals surface area contributed by atoms with Crippen LogP contribution >= 0.6 is 0 Å². The smallest absolute Gasteiger partial charge is 0.332 e. The van der Waals surface area contributed by atoms with Crippen molar-refractivity contribution in [3.05, 3.63) is 15.8 Å². The minimum atomic E-state index is -3.65. The quantitative estimate of drug-likeness (QED) is 0.454. The highest BCUT2D eigenvalue weighted by Gasteiger charge is 2.22. The maximum atomic E-state index is 11.1. The largest absolute Gasteiger partial charge is 0.363 e. The van der Waals surface area contributed by atoms with Crippen LogP contribution in [0.2, 0.25) is 0 Å². The molecule has 0 saturated carbocycles. The Morgan fingerprint density at radius 2 is 1.95 bits per heavy atom. The highest BCUT2D eigenvalue weighted by atomic mass is 32.2. The number of primary sulfonamides is 1. The van der Waals surface area contributed by atoms with Crippen LogP contribution < -0.4 is 15.8 Å². The second-order valence-electron chi connectivity index (χ2n) is 4.31. The first-order chi connectivity index (χ1) is 9.74. The molecular formula is C10H18N6O4S. The van der Waals surface area contributed by atoms with Crippen molar-refractivity contribution in [1.29, 1.82) is 0 Å². The van der Waals surface area contributed by atoms with E-state index in [1.807, 2.05) is 6.92 Å². The molecule has 4 N–H and O–H groups in total. The summed E-state index contributed by atoms with van der Waals surface area (Å²) in [6.45, 7) is 3.98. The number of nitro groups is 1. The van der Waals surface area contributed by atoms with E-state index in [1.54, 1.807) is 0 Å². The molecule has 0 spiro atoms. The molecular weight excluding hydrogens is 300 g/mol. The molecule has 0 fully saturated rings. The number of nitrogens with two attached hydrogens (primary N) is 1. The Labute approximate surface area is 122 Å². The van der Waals surface area contributed by atoms with Gasteiger partial charge in [0.25, 0.3) is 0 Å². The Balaban J connectivity index is 3.01. The summed E-state index contributed by atoms with van der Waals surface area (Å²) in [5.41, 5.74) is -0.0989. The second-order valence-corrected chi connectivity index (χ2v) is 6.04. The number of anilines is 2. The van der Waals surface area contributed by atoms with Crippen molar-refractivity contribution in [3.8, 4) is 0 Å². The first-order valence-electron chi connectivity index (χ1n) is 6.26. The summed E-state index contributed by atoms with van der Waals surface area (Å²) in [7, 11) is -3.65. The molecule has 0 atom stereocenters. The lowest BCUT2D eigenvalue weighted by Crippen LogP contribution is -2.23. The van der Waals surface area contributed by atoms with Crippen molar-refractivity contribution in [3.63, 3.8) is 0 Å². The van der Waals surface area contributed by atoms with Crippen LogP contribution in [0.1, 0.15) is 19.0 Å². The molecule has 1 heterocycles. The molecule has 0 aliphatic carbocycles. The van der Waals surface area contributed by atoms with Crippen molar-refractivity contribution in [2.24, 2.45) is 5.14 Å². The molecule has 21 heavy (non-hydrogen) atoms. The average molecular weight is 318 g/mol. The van der Waals surface area contributed by atoms with E-state index in [1.165, 1.54) is 6.92 Å². The minimum absolute atomic E-state index is 0.0326. The normalized spacial score (nSPS) is 11.2. The molecule has 0 radical (unpaired) electrons. The molecule has 1 rings (SSSR count). The van der Waals surface area contributed by atoms with Crippen LogP contribution in [0, 0.1) is 17.0 Å². The van der Waals surface area contributed by atoms with Crippen LogP contribution in [0.15, 0.2) is 0 Å². The summed E-state index contributed by atoms with van der Waals surface area (Å²) in [5, 5.41) is 21.5. The van der Waals surface area contributed by atoms with E-state index in [9.17, 15) is 18.5 Å². The van der Waals surface area contributed by atoms with Gasteiger partial charge in [-0.1, -0.05) is 6.92 Å². The zero-order chi connectivity index (χ0) is 16.0. The van der Waals surface area contributed by atoms with Crippen LogP contribution in [0.5, 0.6) is 0 Å². The summed E-state index contributed by atoms with van der Waals surface area (Å²) in [4.78, 5) is 18.4. The van der Waals surface area contributed by atoms with Crippen LogP contribution in [0.4, 0.5) is 17.5 Å². The number of rotatable bonds is 8. The maximum absolute atomic E-state index is 11.1. The number of nitrogens with one attached hydrogen (secondary N) is 2. The molecule has 0 amide bonds. The van der Waals surface area contributed by atoms with Crippen molar-refractivity contribution in [2.45, 2.75) is 20.3 Å². The van der Waals surface area contributed by atoms with Crippen LogP contribution in [-0.4, -0.2) is 42.2 Å². The summed E-state index contributed by atoms with van der Waals surface area (Å²) >= 11 is 0. The SMILES string of the molecule is CCCNc1nc(C)c([N+](=O)[O-])c(NCCS(N)(=O)=O)n1. The maximum Gasteiger partial charge on any atom is 0.332 e. The van der Waals surface area contributed by atoms with Gasteiger partial charge in [0.2, 0.25) is 21.8 Å². The number of hydrogen-bond donors (Lipinski definition) is 3. The number of sulfonamides is 1. The van der Waals surface area contributed by atoms with E-state index in [-0.39, 0.29) is 35.4 Å². The molecule has 1 aromatic heterocycles. The molecule has 0 aliphatic heterocycles. The minimum Gasteiger partial charge on any atom is -0.363 e. The number of aromatic nitrogens is 2. The topological polar surface area (TPSA) is 153 Å². The Kier molecular flexibility index (Phi) is 5.79. The van der Waals surface area contributed by atoms with Gasteiger partial charge >= 0.3 is 5.69 Å². The van der Waals surface area contributed by atoms with Gasteiger partial charge in [0, 0.05) is 13.1 Å². The fourth-order valence-electron chi connectivity index (χ4n) is 1.54. The van der Waals surface area contributed by atoms with Gasteiger partial charge in [-0.05, 0) is 13.3 Å². The molecule has 10 nitrogen and oxygen atoms in total. The zero-order valence-electron chi connectivity index (χ0n) is 11.8. The lowest BCUT2D eigenvalue weighted by Gasteiger charge is -2.10. The Bertz CT molecular complexity index is 618. The summed E-state index contributed by atoms with van der Waals surface area (Å²) < 4.78 is 21.7. The highest BCUT2D eigenvalue weighted by Crippen LogP contribution is 2.26. The fraction of sp³-hybridized carbons (Fsp3) is 0.600. The van der Waals surface area contributed by atoms with E-state index in [2.05, 4.69) is 20.6 Å². The molecule has 0 saturated heterocycles. The number of nitrogens with zero attached hydrogens (tertiary/aromatic N) is 3. The van der Waals surface area contributed by atoms with Crippen LogP contribution in [0.3, 0.4) is 0 Å². The number of hydrogen-bond acceptors (Lipinski definition) is 8. The van der Waals surface area contributed by atoms with Gasteiger partial charge in [-0.25, -0.2) is 18.5 Å². The predicted octanol–water partition coefficient (Wildman–Crippen LogP) is 0.216. The fourth-order valence-corrected chi connectivity index (χ4v) is 1.92. The molecule has 0 aliphatic rings. The van der Waals surface area contributed by atoms with Crippen molar-refractivity contribution in [2.75, 3.05) is 29.5 Å². The monoisotopic (exact) mass is 318 g/mol. The van der Waals surface area contributed by atoms with Gasteiger partial charge < -0.3 is 10.6 Å². The van der Waals surface area contributed by atoms with Gasteiger partial charge in [0.1, 0.15) is 5.69 Å². The van der Waals surface area contributed by atoms with Crippen molar-refractivity contribution in [1.82, 2.24) is 9.97 Å². The predicted molar refractivity (Wildman–Crippen MR) is 78.7 cm³/mol.